The summed E-state index contributed by atoms with van der Waals surface area (Å²) >= 11 is 0. The first-order chi connectivity index (χ1) is 9.37. The van der Waals surface area contributed by atoms with E-state index in [1.165, 1.54) is 25.7 Å². The molecule has 0 heterocycles. The zero-order valence-electron chi connectivity index (χ0n) is 13.6. The van der Waals surface area contributed by atoms with Crippen molar-refractivity contribution in [3.63, 3.8) is 0 Å². The molecule has 4 heteroatoms. The summed E-state index contributed by atoms with van der Waals surface area (Å²) in [6.45, 7) is 10.7. The van der Waals surface area contributed by atoms with Crippen molar-refractivity contribution >= 4 is 6.09 Å². The quantitative estimate of drug-likeness (QED) is 0.736. The van der Waals surface area contributed by atoms with Gasteiger partial charge in [0, 0.05) is 6.54 Å². The minimum Gasteiger partial charge on any atom is -0.444 e. The molecular formula is C16H32N2O2. The molecule has 1 saturated carbocycles. The minimum absolute atomic E-state index is 0.321. The number of ether oxygens (including phenoxy) is 1. The summed E-state index contributed by atoms with van der Waals surface area (Å²) < 4.78 is 5.18. The van der Waals surface area contributed by atoms with Crippen LogP contribution in [0.15, 0.2) is 0 Å². The molecule has 1 rings (SSSR count). The number of hydrogen-bond donors (Lipinski definition) is 2. The third-order valence-electron chi connectivity index (χ3n) is 3.68. The maximum atomic E-state index is 11.4. The molecule has 0 aromatic rings. The summed E-state index contributed by atoms with van der Waals surface area (Å²) in [6, 6.07) is 0. The average molecular weight is 284 g/mol. The van der Waals surface area contributed by atoms with Crippen LogP contribution in [-0.2, 0) is 4.74 Å². The van der Waals surface area contributed by atoms with Gasteiger partial charge in [-0.1, -0.05) is 19.8 Å². The highest BCUT2D eigenvalue weighted by molar-refractivity contribution is 5.67. The number of carbonyl (C=O) groups is 1. The second-order valence-electron chi connectivity index (χ2n) is 7.12. The van der Waals surface area contributed by atoms with Crippen LogP contribution < -0.4 is 10.6 Å². The lowest BCUT2D eigenvalue weighted by Crippen LogP contribution is -2.34. The second-order valence-corrected chi connectivity index (χ2v) is 7.12. The maximum absolute atomic E-state index is 11.4. The maximum Gasteiger partial charge on any atom is 0.407 e. The molecule has 0 radical (unpaired) electrons. The van der Waals surface area contributed by atoms with Crippen molar-refractivity contribution in [2.45, 2.75) is 65.4 Å². The molecule has 118 valence electrons. The highest BCUT2D eigenvalue weighted by Crippen LogP contribution is 2.27. The molecule has 0 bridgehead atoms. The van der Waals surface area contributed by atoms with E-state index < -0.39 is 5.60 Å². The Labute approximate surface area is 124 Å². The van der Waals surface area contributed by atoms with Gasteiger partial charge < -0.3 is 15.4 Å². The van der Waals surface area contributed by atoms with Gasteiger partial charge >= 0.3 is 6.09 Å². The van der Waals surface area contributed by atoms with E-state index in [9.17, 15) is 4.79 Å². The largest absolute Gasteiger partial charge is 0.444 e. The van der Waals surface area contributed by atoms with Crippen molar-refractivity contribution < 1.29 is 9.53 Å². The van der Waals surface area contributed by atoms with Crippen molar-refractivity contribution in [3.05, 3.63) is 0 Å². The fourth-order valence-corrected chi connectivity index (χ4v) is 2.77. The first-order valence-corrected chi connectivity index (χ1v) is 8.04. The predicted octanol–water partition coefficient (Wildman–Crippen LogP) is 3.32. The van der Waals surface area contributed by atoms with Crippen LogP contribution in [0, 0.1) is 11.8 Å². The van der Waals surface area contributed by atoms with E-state index in [2.05, 4.69) is 17.6 Å². The van der Waals surface area contributed by atoms with Gasteiger partial charge in [-0.05, 0) is 65.0 Å². The number of alkyl carbamates (subject to hydrolysis) is 1. The molecule has 0 saturated heterocycles. The van der Waals surface area contributed by atoms with E-state index in [1.54, 1.807) is 0 Å². The highest BCUT2D eigenvalue weighted by atomic mass is 16.6. The fraction of sp³-hybridized carbons (Fsp3) is 0.938. The van der Waals surface area contributed by atoms with E-state index in [1.807, 2.05) is 20.8 Å². The predicted molar refractivity (Wildman–Crippen MR) is 82.8 cm³/mol. The molecule has 0 aromatic heterocycles. The Morgan fingerprint density at radius 2 is 2.00 bits per heavy atom. The van der Waals surface area contributed by atoms with Crippen LogP contribution >= 0.6 is 0 Å². The van der Waals surface area contributed by atoms with Gasteiger partial charge in [0.25, 0.3) is 0 Å². The Hall–Kier alpha value is -0.770. The highest BCUT2D eigenvalue weighted by Gasteiger charge is 2.18. The molecule has 1 aliphatic rings. The Bertz CT molecular complexity index is 287. The van der Waals surface area contributed by atoms with Crippen LogP contribution in [0.1, 0.15) is 59.8 Å². The topological polar surface area (TPSA) is 50.4 Å². The number of amides is 1. The first-order valence-electron chi connectivity index (χ1n) is 8.04. The van der Waals surface area contributed by atoms with Crippen molar-refractivity contribution in [1.82, 2.24) is 10.6 Å². The molecule has 1 fully saturated rings. The normalized spacial score (nSPS) is 23.4. The van der Waals surface area contributed by atoms with Crippen LogP contribution in [0.5, 0.6) is 0 Å². The molecule has 2 N–H and O–H groups in total. The lowest BCUT2D eigenvalue weighted by atomic mass is 9.82. The summed E-state index contributed by atoms with van der Waals surface area (Å²) in [5, 5.41) is 6.29. The van der Waals surface area contributed by atoms with Crippen molar-refractivity contribution in [2.24, 2.45) is 11.8 Å². The minimum atomic E-state index is -0.417. The van der Waals surface area contributed by atoms with Gasteiger partial charge in [0.15, 0.2) is 0 Å². The number of rotatable bonds is 6. The molecule has 1 aliphatic carbocycles. The van der Waals surface area contributed by atoms with Gasteiger partial charge in [0.1, 0.15) is 5.60 Å². The monoisotopic (exact) mass is 284 g/mol. The summed E-state index contributed by atoms with van der Waals surface area (Å²) in [7, 11) is 0. The zero-order valence-corrected chi connectivity index (χ0v) is 13.6. The lowest BCUT2D eigenvalue weighted by Gasteiger charge is -2.26. The zero-order chi connectivity index (χ0) is 15.0. The Morgan fingerprint density at radius 1 is 1.25 bits per heavy atom. The van der Waals surface area contributed by atoms with Gasteiger partial charge in [-0.25, -0.2) is 4.79 Å². The first kappa shape index (κ1) is 17.3. The van der Waals surface area contributed by atoms with Gasteiger partial charge in [-0.2, -0.15) is 0 Å². The fourth-order valence-electron chi connectivity index (χ4n) is 2.77. The van der Waals surface area contributed by atoms with Gasteiger partial charge in [-0.15, -0.1) is 0 Å². The average Bonchev–Trinajstić information content (AvgIpc) is 2.31. The van der Waals surface area contributed by atoms with E-state index in [4.69, 9.17) is 4.74 Å². The second kappa shape index (κ2) is 8.50. The standard InChI is InChI=1S/C16H32N2O2/c1-13-7-5-8-14(11-13)12-17-9-6-10-18-15(19)20-16(2,3)4/h13-14,17H,5-12H2,1-4H3,(H,18,19). The third kappa shape index (κ3) is 8.41. The van der Waals surface area contributed by atoms with Crippen molar-refractivity contribution in [3.8, 4) is 0 Å². The SMILES string of the molecule is CC1CCCC(CNCCCNC(=O)OC(C)(C)C)C1. The number of nitrogens with one attached hydrogen (secondary N) is 2. The molecule has 2 atom stereocenters. The van der Waals surface area contributed by atoms with Crippen LogP contribution in [-0.4, -0.2) is 31.3 Å². The van der Waals surface area contributed by atoms with E-state index >= 15 is 0 Å². The van der Waals surface area contributed by atoms with E-state index in [0.29, 0.717) is 6.54 Å². The molecule has 0 spiro atoms. The summed E-state index contributed by atoms with van der Waals surface area (Å²) in [5.74, 6) is 1.74. The van der Waals surface area contributed by atoms with Crippen LogP contribution in [0.3, 0.4) is 0 Å². The van der Waals surface area contributed by atoms with E-state index in [0.717, 1.165) is 31.3 Å². The third-order valence-corrected chi connectivity index (χ3v) is 3.68. The van der Waals surface area contributed by atoms with Gasteiger partial charge in [-0.3, -0.25) is 0 Å². The summed E-state index contributed by atoms with van der Waals surface area (Å²) in [4.78, 5) is 11.4. The molecule has 2 unspecified atom stereocenters. The summed E-state index contributed by atoms with van der Waals surface area (Å²) in [6.07, 6.45) is 6.14. The molecule has 0 aromatic carbocycles. The Kier molecular flexibility index (Phi) is 7.35. The molecule has 1 amide bonds. The Morgan fingerprint density at radius 3 is 2.65 bits per heavy atom. The molecule has 4 nitrogen and oxygen atoms in total. The molecule has 20 heavy (non-hydrogen) atoms. The molecule has 0 aliphatic heterocycles. The number of carbonyl (C=O) groups excluding carboxylic acids is 1. The van der Waals surface area contributed by atoms with Crippen molar-refractivity contribution in [1.29, 1.82) is 0 Å². The van der Waals surface area contributed by atoms with E-state index in [-0.39, 0.29) is 6.09 Å². The summed E-state index contributed by atoms with van der Waals surface area (Å²) in [5.41, 5.74) is -0.417. The number of hydrogen-bond acceptors (Lipinski definition) is 3. The van der Waals surface area contributed by atoms with Crippen LogP contribution in [0.4, 0.5) is 4.79 Å². The van der Waals surface area contributed by atoms with Gasteiger partial charge in [0.05, 0.1) is 0 Å². The van der Waals surface area contributed by atoms with Crippen LogP contribution in [0.2, 0.25) is 0 Å². The van der Waals surface area contributed by atoms with Gasteiger partial charge in [0.2, 0.25) is 0 Å². The lowest BCUT2D eigenvalue weighted by molar-refractivity contribution is 0.0527. The van der Waals surface area contributed by atoms with Crippen molar-refractivity contribution in [2.75, 3.05) is 19.6 Å². The smallest absolute Gasteiger partial charge is 0.407 e. The van der Waals surface area contributed by atoms with Crippen LogP contribution in [0.25, 0.3) is 0 Å². The molecular weight excluding hydrogens is 252 g/mol. The Balaban J connectivity index is 1.96.